The van der Waals surface area contributed by atoms with Gasteiger partial charge in [0.05, 0.1) is 16.8 Å². The van der Waals surface area contributed by atoms with Crippen LogP contribution in [0.2, 0.25) is 0 Å². The summed E-state index contributed by atoms with van der Waals surface area (Å²) in [4.78, 5) is 17.1. The number of rotatable bonds is 4. The second-order valence-corrected chi connectivity index (χ2v) is 6.48. The van der Waals surface area contributed by atoms with Crippen LogP contribution in [0, 0.1) is 0 Å². The Bertz CT molecular complexity index is 1230. The molecule has 1 aromatic carbocycles. The molecule has 29 heavy (non-hydrogen) atoms. The fourth-order valence-corrected chi connectivity index (χ4v) is 3.21. The average molecular weight is 402 g/mol. The third-order valence-electron chi connectivity index (χ3n) is 4.61. The molecule has 0 aliphatic rings. The van der Waals surface area contributed by atoms with E-state index in [1.807, 2.05) is 13.0 Å². The summed E-state index contributed by atoms with van der Waals surface area (Å²) in [5, 5.41) is 0. The second-order valence-electron chi connectivity index (χ2n) is 6.48. The van der Waals surface area contributed by atoms with Crippen molar-refractivity contribution in [2.75, 3.05) is 0 Å². The van der Waals surface area contributed by atoms with Crippen LogP contribution in [0.25, 0.3) is 16.9 Å². The molecule has 3 aromatic heterocycles. The average Bonchev–Trinajstić information content (AvgIpc) is 3.19. The molecule has 0 unspecified atom stereocenters. The number of hydrogen-bond acceptors (Lipinski definition) is 3. The topological polar surface area (TPSA) is 54.0 Å². The van der Waals surface area contributed by atoms with E-state index in [0.717, 1.165) is 17.8 Å². The number of imidazole rings is 1. The molecule has 150 valence electrons. The van der Waals surface area contributed by atoms with Crippen molar-refractivity contribution in [2.24, 2.45) is 7.05 Å². The van der Waals surface area contributed by atoms with Crippen LogP contribution >= 0.6 is 0 Å². The number of aryl methyl sites for hydroxylation is 2. The van der Waals surface area contributed by atoms with Gasteiger partial charge in [-0.25, -0.2) is 14.3 Å². The first kappa shape index (κ1) is 18.9. The third kappa shape index (κ3) is 3.28. The highest BCUT2D eigenvalue weighted by atomic mass is 19.4. The van der Waals surface area contributed by atoms with Gasteiger partial charge in [0.1, 0.15) is 5.75 Å². The lowest BCUT2D eigenvalue weighted by atomic mass is 10.3. The summed E-state index contributed by atoms with van der Waals surface area (Å²) in [6, 6.07) is 11.1. The number of halogens is 3. The molecule has 9 heteroatoms. The molecule has 0 saturated heterocycles. The summed E-state index contributed by atoms with van der Waals surface area (Å²) in [5.74, 6) is 0.412. The Kier molecular flexibility index (Phi) is 4.45. The summed E-state index contributed by atoms with van der Waals surface area (Å²) in [6.45, 7) is 2.38. The van der Waals surface area contributed by atoms with Crippen LogP contribution < -0.4 is 10.4 Å². The number of hydrogen-bond donors (Lipinski definition) is 0. The summed E-state index contributed by atoms with van der Waals surface area (Å²) in [5.41, 5.74) is 0.846. The number of aromatic nitrogens is 4. The Morgan fingerprint density at radius 2 is 1.86 bits per heavy atom. The highest BCUT2D eigenvalue weighted by Crippen LogP contribution is 2.34. The zero-order valence-electron chi connectivity index (χ0n) is 15.6. The van der Waals surface area contributed by atoms with Gasteiger partial charge in [-0.3, -0.25) is 4.57 Å². The molecule has 0 radical (unpaired) electrons. The van der Waals surface area contributed by atoms with Crippen LogP contribution in [0.4, 0.5) is 13.2 Å². The van der Waals surface area contributed by atoms with Gasteiger partial charge in [0, 0.05) is 32.1 Å². The van der Waals surface area contributed by atoms with Crippen molar-refractivity contribution in [2.45, 2.75) is 19.6 Å². The molecular formula is C20H17F3N4O2. The molecule has 0 aliphatic heterocycles. The summed E-state index contributed by atoms with van der Waals surface area (Å²) < 4.78 is 48.5. The van der Waals surface area contributed by atoms with E-state index in [9.17, 15) is 18.0 Å². The zero-order chi connectivity index (χ0) is 20.8. The van der Waals surface area contributed by atoms with Gasteiger partial charge in [0.15, 0.2) is 11.5 Å². The Balaban J connectivity index is 1.68. The molecule has 4 aromatic rings. The van der Waals surface area contributed by atoms with Crippen LogP contribution in [-0.4, -0.2) is 18.7 Å². The Labute approximate surface area is 163 Å². The molecule has 0 atom stereocenters. The lowest BCUT2D eigenvalue weighted by Gasteiger charge is -2.08. The van der Waals surface area contributed by atoms with Crippen molar-refractivity contribution >= 4 is 11.2 Å². The Morgan fingerprint density at radius 3 is 2.48 bits per heavy atom. The van der Waals surface area contributed by atoms with E-state index in [-0.39, 0.29) is 11.6 Å². The van der Waals surface area contributed by atoms with Gasteiger partial charge in [-0.15, -0.1) is 0 Å². The minimum atomic E-state index is -4.44. The predicted molar refractivity (Wildman–Crippen MR) is 101 cm³/mol. The monoisotopic (exact) mass is 402 g/mol. The fraction of sp³-hybridized carbons (Fsp3) is 0.200. The van der Waals surface area contributed by atoms with Crippen molar-refractivity contribution in [1.82, 2.24) is 18.7 Å². The normalized spacial score (nSPS) is 11.9. The summed E-state index contributed by atoms with van der Waals surface area (Å²) in [7, 11) is 1.48. The molecule has 0 saturated carbocycles. The van der Waals surface area contributed by atoms with Gasteiger partial charge in [-0.1, -0.05) is 0 Å². The highest BCUT2D eigenvalue weighted by molar-refractivity contribution is 5.73. The molecule has 0 N–H and O–H groups in total. The van der Waals surface area contributed by atoms with E-state index < -0.39 is 11.7 Å². The van der Waals surface area contributed by atoms with Crippen molar-refractivity contribution in [3.63, 3.8) is 0 Å². The smallest absolute Gasteiger partial charge is 0.418 e. The fourth-order valence-electron chi connectivity index (χ4n) is 3.21. The number of alkyl halides is 3. The third-order valence-corrected chi connectivity index (χ3v) is 4.61. The predicted octanol–water partition coefficient (Wildman–Crippen LogP) is 4.36. The molecule has 3 heterocycles. The standard InChI is InChI=1S/C20H17F3N4O2/c1-3-26-16-5-4-10-24-18(16)27(19(26)28)14-6-8-15(9-7-14)29-17-11-13(12-25(17)2)20(21,22)23/h4-12H,3H2,1-2H3. The molecular weight excluding hydrogens is 385 g/mol. The first-order chi connectivity index (χ1) is 13.8. The van der Waals surface area contributed by atoms with Crippen LogP contribution in [0.3, 0.4) is 0 Å². The van der Waals surface area contributed by atoms with Gasteiger partial charge in [-0.05, 0) is 43.3 Å². The van der Waals surface area contributed by atoms with Gasteiger partial charge in [0.25, 0.3) is 0 Å². The van der Waals surface area contributed by atoms with Crippen molar-refractivity contribution in [3.05, 3.63) is 70.9 Å². The number of benzene rings is 1. The number of fused-ring (bicyclic) bond motifs is 1. The number of nitrogens with zero attached hydrogens (tertiary/aromatic N) is 4. The van der Waals surface area contributed by atoms with Crippen LogP contribution in [0.5, 0.6) is 11.6 Å². The van der Waals surface area contributed by atoms with Crippen molar-refractivity contribution in [3.8, 4) is 17.3 Å². The molecule has 0 aliphatic carbocycles. The van der Waals surface area contributed by atoms with Crippen molar-refractivity contribution in [1.29, 1.82) is 0 Å². The van der Waals surface area contributed by atoms with Gasteiger partial charge in [-0.2, -0.15) is 13.2 Å². The van der Waals surface area contributed by atoms with Gasteiger partial charge < -0.3 is 9.30 Å². The van der Waals surface area contributed by atoms with E-state index in [1.165, 1.54) is 16.2 Å². The first-order valence-electron chi connectivity index (χ1n) is 8.87. The van der Waals surface area contributed by atoms with E-state index in [1.54, 1.807) is 41.1 Å². The SMILES string of the molecule is CCn1c(=O)n(-c2ccc(Oc3cc(C(F)(F)F)cn3C)cc2)c2ncccc21. The maximum Gasteiger partial charge on any atom is 0.418 e. The minimum absolute atomic E-state index is 0.0616. The van der Waals surface area contributed by atoms with Crippen LogP contribution in [0.1, 0.15) is 12.5 Å². The Morgan fingerprint density at radius 1 is 1.14 bits per heavy atom. The minimum Gasteiger partial charge on any atom is -0.441 e. The van der Waals surface area contributed by atoms with E-state index in [2.05, 4.69) is 4.98 Å². The maximum absolute atomic E-state index is 12.8. The van der Waals surface area contributed by atoms with Crippen molar-refractivity contribution < 1.29 is 17.9 Å². The highest BCUT2D eigenvalue weighted by Gasteiger charge is 2.32. The molecule has 0 fully saturated rings. The lowest BCUT2D eigenvalue weighted by Crippen LogP contribution is -2.22. The quantitative estimate of drug-likeness (QED) is 0.510. The van der Waals surface area contributed by atoms with E-state index in [4.69, 9.17) is 4.74 Å². The van der Waals surface area contributed by atoms with Gasteiger partial charge >= 0.3 is 11.9 Å². The first-order valence-corrected chi connectivity index (χ1v) is 8.87. The second kappa shape index (κ2) is 6.84. The van der Waals surface area contributed by atoms with Crippen LogP contribution in [0.15, 0.2) is 59.7 Å². The summed E-state index contributed by atoms with van der Waals surface area (Å²) >= 11 is 0. The van der Waals surface area contributed by atoms with E-state index in [0.29, 0.717) is 23.6 Å². The van der Waals surface area contributed by atoms with E-state index >= 15 is 0 Å². The lowest BCUT2D eigenvalue weighted by molar-refractivity contribution is -0.137. The largest absolute Gasteiger partial charge is 0.441 e. The number of pyridine rings is 1. The Hall–Kier alpha value is -3.49. The molecule has 4 rings (SSSR count). The molecule has 0 spiro atoms. The maximum atomic E-state index is 12.8. The van der Waals surface area contributed by atoms with Gasteiger partial charge in [0.2, 0.25) is 0 Å². The van der Waals surface area contributed by atoms with Crippen LogP contribution in [-0.2, 0) is 19.8 Å². The molecule has 0 bridgehead atoms. The molecule has 6 nitrogen and oxygen atoms in total. The number of ether oxygens (including phenoxy) is 1. The zero-order valence-corrected chi connectivity index (χ0v) is 15.6. The molecule has 0 amide bonds. The summed E-state index contributed by atoms with van der Waals surface area (Å²) in [6.07, 6.45) is -1.86.